The monoisotopic (exact) mass is 487 g/mol. The lowest BCUT2D eigenvalue weighted by Gasteiger charge is -2.12. The summed E-state index contributed by atoms with van der Waals surface area (Å²) >= 11 is 0. The van der Waals surface area contributed by atoms with Crippen molar-refractivity contribution in [2.24, 2.45) is 0 Å². The van der Waals surface area contributed by atoms with Crippen molar-refractivity contribution in [2.75, 3.05) is 25.1 Å². The van der Waals surface area contributed by atoms with E-state index in [1.165, 1.54) is 0 Å². The van der Waals surface area contributed by atoms with Crippen LogP contribution < -0.4 is 20.1 Å². The van der Waals surface area contributed by atoms with Gasteiger partial charge in [-0.2, -0.15) is 28.1 Å². The molecule has 0 spiro atoms. The van der Waals surface area contributed by atoms with Gasteiger partial charge >= 0.3 is 12.2 Å². The van der Waals surface area contributed by atoms with Crippen molar-refractivity contribution in [3.8, 4) is 11.8 Å². The van der Waals surface area contributed by atoms with Crippen LogP contribution in [0.4, 0.5) is 19.1 Å². The molecule has 2 aliphatic heterocycles. The molecule has 0 unspecified atom stereocenters. The molecule has 3 heterocycles. The van der Waals surface area contributed by atoms with Gasteiger partial charge in [0, 0.05) is 25.1 Å². The fourth-order valence-corrected chi connectivity index (χ4v) is 3.37. The summed E-state index contributed by atoms with van der Waals surface area (Å²) in [5, 5.41) is 5.90. The van der Waals surface area contributed by atoms with E-state index in [9.17, 15) is 18.0 Å². The molecule has 8 nitrogen and oxygen atoms in total. The molecule has 6 bridgehead atoms. The first kappa shape index (κ1) is 24.2. The molecule has 0 fully saturated rings. The van der Waals surface area contributed by atoms with Gasteiger partial charge in [-0.25, -0.2) is 0 Å². The Hall–Kier alpha value is -3.89. The Morgan fingerprint density at radius 1 is 0.971 bits per heavy atom. The molecule has 2 N–H and O–H groups in total. The minimum atomic E-state index is -4.53. The summed E-state index contributed by atoms with van der Waals surface area (Å²) in [6.45, 7) is -0.167. The Morgan fingerprint density at radius 3 is 2.60 bits per heavy atom. The van der Waals surface area contributed by atoms with Gasteiger partial charge in [0.05, 0.1) is 6.61 Å². The Bertz CT molecular complexity index is 1160. The van der Waals surface area contributed by atoms with E-state index < -0.39 is 18.8 Å². The maximum absolute atomic E-state index is 12.7. The highest BCUT2D eigenvalue weighted by Gasteiger charge is 2.29. The number of fused-ring (bicyclic) bond motifs is 9. The van der Waals surface area contributed by atoms with Gasteiger partial charge in [-0.15, -0.1) is 0 Å². The molecule has 0 saturated carbocycles. The molecule has 2 aliphatic rings. The predicted octanol–water partition coefficient (Wildman–Crippen LogP) is 3.92. The first-order valence-electron chi connectivity index (χ1n) is 11.1. The standard InChI is InChI=1S/C24H24F3N5O3/c25-24(26,27)15-35-23-31-20-13-16-6-8-18(9-7-16)21(33)28-10-1-2-11-34-19-5-3-4-17(12-19)14-29-22(30-20)32-23/h3-9,12H,1-2,10-11,13-15H2,(H,28,33)(H,29,30,31,32). The molecule has 0 radical (unpaired) electrons. The second-order valence-electron chi connectivity index (χ2n) is 7.95. The van der Waals surface area contributed by atoms with E-state index in [1.807, 2.05) is 24.3 Å². The number of hydrogen-bond donors (Lipinski definition) is 2. The van der Waals surface area contributed by atoms with E-state index in [4.69, 9.17) is 9.47 Å². The van der Waals surface area contributed by atoms with Crippen molar-refractivity contribution in [1.29, 1.82) is 0 Å². The van der Waals surface area contributed by atoms with Crippen molar-refractivity contribution in [3.63, 3.8) is 0 Å². The van der Waals surface area contributed by atoms with Crippen molar-refractivity contribution >= 4 is 11.9 Å². The summed E-state index contributed by atoms with van der Waals surface area (Å²) in [5.41, 5.74) is 2.16. The van der Waals surface area contributed by atoms with Crippen LogP contribution in [-0.4, -0.2) is 46.8 Å². The average molecular weight is 487 g/mol. The normalized spacial score (nSPS) is 14.9. The molecule has 0 saturated heterocycles. The quantitative estimate of drug-likeness (QED) is 0.566. The van der Waals surface area contributed by atoms with Gasteiger partial charge in [-0.05, 0) is 48.2 Å². The zero-order valence-corrected chi connectivity index (χ0v) is 18.8. The van der Waals surface area contributed by atoms with Gasteiger partial charge in [0.2, 0.25) is 5.95 Å². The third kappa shape index (κ3) is 7.56. The highest BCUT2D eigenvalue weighted by Crippen LogP contribution is 2.19. The molecule has 184 valence electrons. The zero-order valence-electron chi connectivity index (χ0n) is 18.8. The number of carbonyl (C=O) groups is 1. The topological polar surface area (TPSA) is 98.3 Å². The average Bonchev–Trinajstić information content (AvgIpc) is 2.83. The molecule has 11 heteroatoms. The van der Waals surface area contributed by atoms with Crippen molar-refractivity contribution in [3.05, 3.63) is 71.0 Å². The molecular formula is C24H24F3N5O3. The van der Waals surface area contributed by atoms with Crippen LogP contribution in [0.15, 0.2) is 48.5 Å². The second-order valence-corrected chi connectivity index (χ2v) is 7.95. The minimum absolute atomic E-state index is 0.0869. The van der Waals surface area contributed by atoms with Gasteiger partial charge in [0.15, 0.2) is 6.61 Å². The Morgan fingerprint density at radius 2 is 1.80 bits per heavy atom. The van der Waals surface area contributed by atoms with Gasteiger partial charge in [0.1, 0.15) is 11.6 Å². The molecule has 1 amide bonds. The second kappa shape index (κ2) is 11.0. The van der Waals surface area contributed by atoms with E-state index in [-0.39, 0.29) is 24.1 Å². The largest absolute Gasteiger partial charge is 0.494 e. The van der Waals surface area contributed by atoms with E-state index in [0.29, 0.717) is 31.0 Å². The SMILES string of the molecule is O=C1NCCCCOc2cccc(c2)CNc2nc(nc(OCC(F)(F)F)n2)Cc2ccc1cc2. The maximum Gasteiger partial charge on any atom is 0.422 e. The Kier molecular flexibility index (Phi) is 7.64. The predicted molar refractivity (Wildman–Crippen MR) is 121 cm³/mol. The maximum atomic E-state index is 12.7. The lowest BCUT2D eigenvalue weighted by molar-refractivity contribution is -0.154. The Balaban J connectivity index is 1.61. The number of ether oxygens (including phenoxy) is 2. The van der Waals surface area contributed by atoms with Crippen LogP contribution in [0.1, 0.15) is 40.2 Å². The Labute approximate surface area is 199 Å². The number of halogens is 3. The van der Waals surface area contributed by atoms with Crippen LogP contribution in [0.3, 0.4) is 0 Å². The number of nitrogens with one attached hydrogen (secondary N) is 2. The molecule has 3 aromatic rings. The molecule has 0 aliphatic carbocycles. The third-order valence-electron chi connectivity index (χ3n) is 5.08. The number of benzene rings is 2. The van der Waals surface area contributed by atoms with Crippen LogP contribution in [0, 0.1) is 0 Å². The summed E-state index contributed by atoms with van der Waals surface area (Å²) in [5.74, 6) is 0.814. The van der Waals surface area contributed by atoms with E-state index in [1.54, 1.807) is 24.3 Å². The van der Waals surface area contributed by atoms with Crippen molar-refractivity contribution in [1.82, 2.24) is 20.3 Å². The molecule has 1 aromatic heterocycles. The van der Waals surface area contributed by atoms with Gasteiger partial charge in [0.25, 0.3) is 5.91 Å². The van der Waals surface area contributed by atoms with Crippen LogP contribution in [-0.2, 0) is 13.0 Å². The number of rotatable bonds is 2. The lowest BCUT2D eigenvalue weighted by Crippen LogP contribution is -2.24. The smallest absolute Gasteiger partial charge is 0.422 e. The fourth-order valence-electron chi connectivity index (χ4n) is 3.37. The number of carbonyl (C=O) groups excluding carboxylic acids is 1. The molecule has 5 rings (SSSR count). The number of hydrogen-bond acceptors (Lipinski definition) is 7. The van der Waals surface area contributed by atoms with Crippen LogP contribution in [0.25, 0.3) is 0 Å². The summed E-state index contributed by atoms with van der Waals surface area (Å²) in [6.07, 6.45) is -2.76. The summed E-state index contributed by atoms with van der Waals surface area (Å²) in [4.78, 5) is 24.7. The van der Waals surface area contributed by atoms with Gasteiger partial charge in [-0.1, -0.05) is 24.3 Å². The first-order chi connectivity index (χ1) is 16.8. The van der Waals surface area contributed by atoms with Gasteiger partial charge in [-0.3, -0.25) is 4.79 Å². The fraction of sp³-hybridized carbons (Fsp3) is 0.333. The first-order valence-corrected chi connectivity index (χ1v) is 11.1. The zero-order chi connectivity index (χ0) is 24.7. The summed E-state index contributed by atoms with van der Waals surface area (Å²) in [6, 6.07) is 13.9. The van der Waals surface area contributed by atoms with Crippen molar-refractivity contribution in [2.45, 2.75) is 32.0 Å². The third-order valence-corrected chi connectivity index (χ3v) is 5.08. The summed E-state index contributed by atoms with van der Waals surface area (Å²) < 4.78 is 48.6. The van der Waals surface area contributed by atoms with Crippen LogP contribution in [0.2, 0.25) is 0 Å². The van der Waals surface area contributed by atoms with E-state index in [0.717, 1.165) is 24.0 Å². The van der Waals surface area contributed by atoms with Crippen molar-refractivity contribution < 1.29 is 27.4 Å². The molecular weight excluding hydrogens is 463 g/mol. The number of amides is 1. The lowest BCUT2D eigenvalue weighted by atomic mass is 10.1. The number of nitrogens with zero attached hydrogens (tertiary/aromatic N) is 3. The summed E-state index contributed by atoms with van der Waals surface area (Å²) in [7, 11) is 0. The molecule has 35 heavy (non-hydrogen) atoms. The van der Waals surface area contributed by atoms with E-state index >= 15 is 0 Å². The van der Waals surface area contributed by atoms with Crippen LogP contribution in [0.5, 0.6) is 11.8 Å². The molecule has 0 atom stereocenters. The number of anilines is 1. The highest BCUT2D eigenvalue weighted by atomic mass is 19.4. The number of alkyl halides is 3. The minimum Gasteiger partial charge on any atom is -0.494 e. The van der Waals surface area contributed by atoms with Crippen LogP contribution >= 0.6 is 0 Å². The van der Waals surface area contributed by atoms with Gasteiger partial charge < -0.3 is 20.1 Å². The van der Waals surface area contributed by atoms with E-state index in [2.05, 4.69) is 25.6 Å². The number of aromatic nitrogens is 3. The highest BCUT2D eigenvalue weighted by molar-refractivity contribution is 5.94. The molecule has 2 aromatic carbocycles.